The Kier molecular flexibility index (Phi) is 4.84. The average Bonchev–Trinajstić information content (AvgIpc) is 3.53. The number of nitrogens with zero attached hydrogens (tertiary/aromatic N) is 6. The van der Waals surface area contributed by atoms with Crippen molar-refractivity contribution in [3.63, 3.8) is 0 Å². The average molecular weight is 514 g/mol. The summed E-state index contributed by atoms with van der Waals surface area (Å²) in [6.45, 7) is 0.372. The molecule has 1 aliphatic heterocycles. The number of benzene rings is 1. The van der Waals surface area contributed by atoms with Crippen molar-refractivity contribution in [3.05, 3.63) is 65.8 Å². The Morgan fingerprint density at radius 1 is 1.00 bits per heavy atom. The largest absolute Gasteiger partial charge is 0.459 e. The molecule has 0 bridgehead atoms. The first-order valence-corrected chi connectivity index (χ1v) is 10.9. The molecule has 0 aliphatic carbocycles. The zero-order chi connectivity index (χ0) is 26.1. The molecule has 0 saturated carbocycles. The number of imidazole rings is 1. The molecule has 8 nitrogen and oxygen atoms in total. The molecule has 1 aromatic carbocycles. The molecule has 0 unspecified atom stereocenters. The highest BCUT2D eigenvalue weighted by Gasteiger charge is 2.60. The minimum atomic E-state index is -5.87. The van der Waals surface area contributed by atoms with E-state index >= 15 is 0 Å². The van der Waals surface area contributed by atoms with E-state index in [0.29, 0.717) is 23.1 Å². The Labute approximate surface area is 204 Å². The predicted molar refractivity (Wildman–Crippen MR) is 119 cm³/mol. The van der Waals surface area contributed by atoms with Crippen LogP contribution in [0.1, 0.15) is 16.8 Å². The summed E-state index contributed by atoms with van der Waals surface area (Å²) < 4.78 is 75.7. The Balaban J connectivity index is 1.63. The van der Waals surface area contributed by atoms with Crippen LogP contribution in [0.4, 0.5) is 22.0 Å². The number of pyridine rings is 2. The number of hydrogen-bond donors (Lipinski definition) is 0. The number of amides is 1. The number of carbonyl (C=O) groups excluding carboxylic acids is 1. The summed E-state index contributed by atoms with van der Waals surface area (Å²) in [7, 11) is 1.67. The molecule has 0 spiro atoms. The fourth-order valence-electron chi connectivity index (χ4n) is 4.42. The normalized spacial score (nSPS) is 14.5. The van der Waals surface area contributed by atoms with Gasteiger partial charge in [0.15, 0.2) is 0 Å². The third-order valence-electron chi connectivity index (χ3n) is 6.35. The van der Waals surface area contributed by atoms with Gasteiger partial charge in [-0.25, -0.2) is 9.97 Å². The quantitative estimate of drug-likeness (QED) is 0.323. The molecule has 1 amide bonds. The van der Waals surface area contributed by atoms with Gasteiger partial charge in [-0.2, -0.15) is 22.0 Å². The van der Waals surface area contributed by atoms with E-state index in [-0.39, 0.29) is 40.8 Å². The first kappa shape index (κ1) is 23.0. The Morgan fingerprint density at radius 2 is 1.81 bits per heavy atom. The molecular formula is C24H15F5N6O2. The van der Waals surface area contributed by atoms with Crippen LogP contribution in [0.25, 0.3) is 39.4 Å². The highest BCUT2D eigenvalue weighted by molar-refractivity contribution is 5.95. The number of likely N-dealkylation sites (N-methyl/N-ethyl adjacent to an activating group) is 1. The number of aromatic nitrogens is 5. The lowest BCUT2D eigenvalue weighted by atomic mass is 9.93. The number of fused-ring (bicyclic) bond motifs is 4. The summed E-state index contributed by atoms with van der Waals surface area (Å²) in [4.78, 5) is 21.8. The van der Waals surface area contributed by atoms with Crippen molar-refractivity contribution < 1.29 is 31.2 Å². The fraction of sp³-hybridized carbons (Fsp3) is 0.208. The van der Waals surface area contributed by atoms with Gasteiger partial charge in [-0.3, -0.25) is 9.20 Å². The number of carbonyl (C=O) groups is 1. The predicted octanol–water partition coefficient (Wildman–Crippen LogP) is 4.77. The molecule has 188 valence electrons. The van der Waals surface area contributed by atoms with Crippen molar-refractivity contribution in [2.45, 2.75) is 25.1 Å². The van der Waals surface area contributed by atoms with E-state index < -0.39 is 17.8 Å². The van der Waals surface area contributed by atoms with Crippen molar-refractivity contribution in [3.8, 4) is 22.7 Å². The Morgan fingerprint density at radius 3 is 2.54 bits per heavy atom. The van der Waals surface area contributed by atoms with Crippen LogP contribution in [0.15, 0.2) is 53.4 Å². The molecule has 0 N–H and O–H groups in total. The van der Waals surface area contributed by atoms with Gasteiger partial charge in [-0.05, 0) is 40.5 Å². The molecule has 5 aromatic rings. The lowest BCUT2D eigenvalue weighted by molar-refractivity contribution is -0.290. The molecule has 0 fully saturated rings. The van der Waals surface area contributed by atoms with E-state index in [1.807, 2.05) is 0 Å². The molecule has 37 heavy (non-hydrogen) atoms. The van der Waals surface area contributed by atoms with Crippen LogP contribution >= 0.6 is 0 Å². The van der Waals surface area contributed by atoms with E-state index in [9.17, 15) is 26.7 Å². The smallest absolute Gasteiger partial charge is 0.422 e. The van der Waals surface area contributed by atoms with E-state index in [2.05, 4.69) is 20.2 Å². The van der Waals surface area contributed by atoms with Crippen LogP contribution in [0.3, 0.4) is 0 Å². The maximum absolute atomic E-state index is 14.6. The van der Waals surface area contributed by atoms with E-state index in [1.165, 1.54) is 10.6 Å². The number of halogens is 5. The first-order valence-electron chi connectivity index (χ1n) is 10.9. The van der Waals surface area contributed by atoms with Crippen LogP contribution < -0.4 is 0 Å². The molecule has 1 aliphatic rings. The molecule has 6 rings (SSSR count). The van der Waals surface area contributed by atoms with Gasteiger partial charge in [0, 0.05) is 25.2 Å². The van der Waals surface area contributed by atoms with Gasteiger partial charge >= 0.3 is 12.1 Å². The summed E-state index contributed by atoms with van der Waals surface area (Å²) in [5.74, 6) is -5.30. The molecular weight excluding hydrogens is 499 g/mol. The van der Waals surface area contributed by atoms with Crippen molar-refractivity contribution >= 4 is 22.6 Å². The minimum Gasteiger partial charge on any atom is -0.422 e. The molecule has 0 atom stereocenters. The van der Waals surface area contributed by atoms with Gasteiger partial charge < -0.3 is 9.32 Å². The first-order chi connectivity index (χ1) is 17.5. The van der Waals surface area contributed by atoms with E-state index in [1.54, 1.807) is 42.3 Å². The molecule has 5 heterocycles. The highest BCUT2D eigenvalue weighted by Crippen LogP contribution is 2.45. The molecule has 13 heteroatoms. The van der Waals surface area contributed by atoms with Gasteiger partial charge in [0.05, 0.1) is 6.42 Å². The van der Waals surface area contributed by atoms with Crippen LogP contribution in [-0.4, -0.2) is 48.6 Å². The van der Waals surface area contributed by atoms with Gasteiger partial charge in [0.25, 0.3) is 5.89 Å². The topological polar surface area (TPSA) is 89.4 Å². The maximum atomic E-state index is 14.6. The number of alkyl halides is 5. The Bertz CT molecular complexity index is 1690. The molecule has 4 aromatic heterocycles. The van der Waals surface area contributed by atoms with Crippen molar-refractivity contribution in [1.82, 2.24) is 29.5 Å². The second kappa shape index (κ2) is 7.79. The van der Waals surface area contributed by atoms with Gasteiger partial charge in [-0.1, -0.05) is 18.2 Å². The summed E-state index contributed by atoms with van der Waals surface area (Å²) in [5.41, 5.74) is 0.816. The lowest BCUT2D eigenvalue weighted by Crippen LogP contribution is -2.34. The third-order valence-corrected chi connectivity index (χ3v) is 6.35. The van der Waals surface area contributed by atoms with E-state index in [0.717, 1.165) is 18.0 Å². The zero-order valence-corrected chi connectivity index (χ0v) is 18.9. The number of rotatable bonds is 3. The van der Waals surface area contributed by atoms with Crippen molar-refractivity contribution in [2.75, 3.05) is 7.05 Å². The van der Waals surface area contributed by atoms with Gasteiger partial charge in [0.2, 0.25) is 12.3 Å². The summed E-state index contributed by atoms with van der Waals surface area (Å²) in [5, 5.41) is 7.63. The van der Waals surface area contributed by atoms with Gasteiger partial charge in [-0.15, -0.1) is 10.2 Å². The maximum Gasteiger partial charge on any atom is 0.459 e. The molecule has 0 radical (unpaired) electrons. The Hall–Kier alpha value is -4.42. The summed E-state index contributed by atoms with van der Waals surface area (Å²) in [6.07, 6.45) is -3.32. The standard InChI is InChI=1S/C24H15F5N6O2/c1-34-9-13-3-2-12(6-14(13)7-20(34)36)16-8-18(23(25,26)24(27,28)29)32-21-15(16)4-5-19-31-17(10-35(19)21)22-33-30-11-37-22/h2-6,8,10-11H,7,9H2,1H3. The second-order valence-electron chi connectivity index (χ2n) is 8.71. The molecule has 0 saturated heterocycles. The van der Waals surface area contributed by atoms with Crippen LogP contribution in [0.5, 0.6) is 0 Å². The highest BCUT2D eigenvalue weighted by atomic mass is 19.4. The third kappa shape index (κ3) is 3.60. The second-order valence-corrected chi connectivity index (χ2v) is 8.71. The fourth-order valence-corrected chi connectivity index (χ4v) is 4.42. The van der Waals surface area contributed by atoms with E-state index in [4.69, 9.17) is 4.42 Å². The van der Waals surface area contributed by atoms with Crippen LogP contribution in [0, 0.1) is 0 Å². The van der Waals surface area contributed by atoms with Crippen molar-refractivity contribution in [2.24, 2.45) is 0 Å². The van der Waals surface area contributed by atoms with Gasteiger partial charge in [0.1, 0.15) is 22.7 Å². The SMILES string of the molecule is CN1Cc2ccc(-c3cc(C(F)(F)C(F)(F)F)nc4c3ccc3nc(-c5nnco5)cn34)cc2CC1=O. The van der Waals surface area contributed by atoms with Crippen LogP contribution in [0.2, 0.25) is 0 Å². The lowest BCUT2D eigenvalue weighted by Gasteiger charge is -2.26. The van der Waals surface area contributed by atoms with Crippen LogP contribution in [-0.2, 0) is 23.7 Å². The summed E-state index contributed by atoms with van der Waals surface area (Å²) >= 11 is 0. The summed E-state index contributed by atoms with van der Waals surface area (Å²) in [6, 6.07) is 8.89. The zero-order valence-electron chi connectivity index (χ0n) is 18.9. The number of hydrogen-bond acceptors (Lipinski definition) is 6. The van der Waals surface area contributed by atoms with Crippen molar-refractivity contribution in [1.29, 1.82) is 0 Å². The minimum absolute atomic E-state index is 0.0400. The monoisotopic (exact) mass is 514 g/mol.